The summed E-state index contributed by atoms with van der Waals surface area (Å²) in [5, 5.41) is 8.91. The molecule has 0 saturated carbocycles. The Kier molecular flexibility index (Phi) is 2.86. The first-order valence-electron chi connectivity index (χ1n) is 6.73. The number of piperidine rings is 1. The predicted octanol–water partition coefficient (Wildman–Crippen LogP) is 1.84. The minimum absolute atomic E-state index is 0.204. The number of aromatic carboxylic acids is 1. The van der Waals surface area contributed by atoms with Crippen molar-refractivity contribution in [2.45, 2.75) is 50.6 Å². The molecule has 5 nitrogen and oxygen atoms in total. The van der Waals surface area contributed by atoms with Gasteiger partial charge in [0.05, 0.1) is 6.20 Å². The lowest BCUT2D eigenvalue weighted by molar-refractivity contribution is 0.0690. The number of H-pyrrole nitrogens is 1. The summed E-state index contributed by atoms with van der Waals surface area (Å²) in [6, 6.07) is 1.33. The highest BCUT2D eigenvalue weighted by atomic mass is 16.4. The van der Waals surface area contributed by atoms with Gasteiger partial charge in [-0.25, -0.2) is 9.78 Å². The Bertz CT molecular complexity index is 443. The smallest absolute Gasteiger partial charge is 0.353 e. The summed E-state index contributed by atoms with van der Waals surface area (Å²) in [6.45, 7) is 3.35. The van der Waals surface area contributed by atoms with E-state index in [0.717, 1.165) is 25.2 Å². The van der Waals surface area contributed by atoms with E-state index in [1.807, 2.05) is 0 Å². The quantitative estimate of drug-likeness (QED) is 0.857. The fourth-order valence-corrected chi connectivity index (χ4v) is 3.67. The molecule has 0 radical (unpaired) electrons. The third-order valence-electron chi connectivity index (χ3n) is 4.46. The zero-order valence-corrected chi connectivity index (χ0v) is 10.6. The molecular formula is C13H19N3O2. The second-order valence-electron chi connectivity index (χ2n) is 5.37. The van der Waals surface area contributed by atoms with Crippen molar-refractivity contribution in [3.8, 4) is 0 Å². The van der Waals surface area contributed by atoms with Gasteiger partial charge in [0.2, 0.25) is 0 Å². The number of aromatic amines is 1. The maximum absolute atomic E-state index is 10.9. The van der Waals surface area contributed by atoms with Crippen LogP contribution in [0.3, 0.4) is 0 Å². The second kappa shape index (κ2) is 4.39. The van der Waals surface area contributed by atoms with Crippen LogP contribution in [0.5, 0.6) is 0 Å². The Labute approximate surface area is 106 Å². The Balaban J connectivity index is 1.77. The topological polar surface area (TPSA) is 69.2 Å². The summed E-state index contributed by atoms with van der Waals surface area (Å²) in [5.41, 5.74) is 0.204. The molecule has 3 heterocycles. The molecule has 2 atom stereocenters. The molecule has 18 heavy (non-hydrogen) atoms. The van der Waals surface area contributed by atoms with Crippen LogP contribution in [0.25, 0.3) is 0 Å². The third-order valence-corrected chi connectivity index (χ3v) is 4.46. The first-order valence-corrected chi connectivity index (χ1v) is 6.73. The van der Waals surface area contributed by atoms with Gasteiger partial charge in [-0.1, -0.05) is 6.92 Å². The number of hydrogen-bond donors (Lipinski definition) is 2. The summed E-state index contributed by atoms with van der Waals surface area (Å²) in [4.78, 5) is 20.7. The van der Waals surface area contributed by atoms with E-state index >= 15 is 0 Å². The molecule has 2 fully saturated rings. The largest absolute Gasteiger partial charge is 0.477 e. The van der Waals surface area contributed by atoms with Gasteiger partial charge in [0.15, 0.2) is 0 Å². The molecule has 3 rings (SSSR count). The molecule has 2 aliphatic rings. The van der Waals surface area contributed by atoms with E-state index in [0.29, 0.717) is 18.0 Å². The zero-order chi connectivity index (χ0) is 12.7. The molecule has 0 unspecified atom stereocenters. The van der Waals surface area contributed by atoms with E-state index in [1.54, 1.807) is 0 Å². The summed E-state index contributed by atoms with van der Waals surface area (Å²) < 4.78 is 0. The fraction of sp³-hybridized carbons (Fsp3) is 0.692. The van der Waals surface area contributed by atoms with Crippen molar-refractivity contribution in [2.75, 3.05) is 6.54 Å². The maximum atomic E-state index is 10.9. The SMILES string of the molecule is CCN1[C@H]2CC[C@H]1CC(c1ncc(C(=O)O)[nH]1)C2. The zero-order valence-electron chi connectivity index (χ0n) is 10.6. The van der Waals surface area contributed by atoms with Gasteiger partial charge in [0, 0.05) is 18.0 Å². The first kappa shape index (κ1) is 11.7. The number of rotatable bonds is 3. The van der Waals surface area contributed by atoms with Crippen molar-refractivity contribution in [3.05, 3.63) is 17.7 Å². The molecule has 2 aliphatic heterocycles. The number of carboxylic acids is 1. The molecule has 2 N–H and O–H groups in total. The van der Waals surface area contributed by atoms with Gasteiger partial charge in [-0.2, -0.15) is 0 Å². The average molecular weight is 249 g/mol. The Hall–Kier alpha value is -1.36. The lowest BCUT2D eigenvalue weighted by Crippen LogP contribution is -2.42. The molecule has 1 aromatic rings. The van der Waals surface area contributed by atoms with E-state index in [2.05, 4.69) is 21.8 Å². The molecule has 98 valence electrons. The van der Waals surface area contributed by atoms with Crippen molar-refractivity contribution < 1.29 is 9.90 Å². The van der Waals surface area contributed by atoms with Gasteiger partial charge >= 0.3 is 5.97 Å². The maximum Gasteiger partial charge on any atom is 0.353 e. The Morgan fingerprint density at radius 2 is 2.17 bits per heavy atom. The highest BCUT2D eigenvalue weighted by Gasteiger charge is 2.40. The molecular weight excluding hydrogens is 230 g/mol. The lowest BCUT2D eigenvalue weighted by atomic mass is 9.90. The van der Waals surface area contributed by atoms with Crippen LogP contribution in [-0.4, -0.2) is 44.6 Å². The number of fused-ring (bicyclic) bond motifs is 2. The van der Waals surface area contributed by atoms with E-state index in [4.69, 9.17) is 5.11 Å². The van der Waals surface area contributed by atoms with Crippen LogP contribution in [0.1, 0.15) is 54.8 Å². The molecule has 0 amide bonds. The van der Waals surface area contributed by atoms with Gasteiger partial charge in [-0.15, -0.1) is 0 Å². The highest BCUT2D eigenvalue weighted by molar-refractivity contribution is 5.85. The van der Waals surface area contributed by atoms with Gasteiger partial charge in [0.1, 0.15) is 11.5 Å². The van der Waals surface area contributed by atoms with Crippen LogP contribution in [-0.2, 0) is 0 Å². The predicted molar refractivity (Wildman–Crippen MR) is 66.7 cm³/mol. The minimum atomic E-state index is -0.928. The van der Waals surface area contributed by atoms with Crippen LogP contribution in [0.15, 0.2) is 6.20 Å². The monoisotopic (exact) mass is 249 g/mol. The molecule has 0 aromatic carbocycles. The second-order valence-corrected chi connectivity index (χ2v) is 5.37. The molecule has 0 aliphatic carbocycles. The summed E-state index contributed by atoms with van der Waals surface area (Å²) >= 11 is 0. The van der Waals surface area contributed by atoms with Gasteiger partial charge in [0.25, 0.3) is 0 Å². The normalized spacial score (nSPS) is 31.7. The van der Waals surface area contributed by atoms with Gasteiger partial charge in [-0.05, 0) is 32.2 Å². The highest BCUT2D eigenvalue weighted by Crippen LogP contribution is 2.41. The van der Waals surface area contributed by atoms with Crippen molar-refractivity contribution in [1.29, 1.82) is 0 Å². The Morgan fingerprint density at radius 3 is 2.67 bits per heavy atom. The fourth-order valence-electron chi connectivity index (χ4n) is 3.67. The first-order chi connectivity index (χ1) is 8.69. The van der Waals surface area contributed by atoms with Crippen LogP contribution >= 0.6 is 0 Å². The summed E-state index contributed by atoms with van der Waals surface area (Å²) in [7, 11) is 0. The molecule has 0 spiro atoms. The van der Waals surface area contributed by atoms with E-state index in [9.17, 15) is 4.79 Å². The number of hydrogen-bond acceptors (Lipinski definition) is 3. The minimum Gasteiger partial charge on any atom is -0.477 e. The van der Waals surface area contributed by atoms with Crippen LogP contribution in [0.4, 0.5) is 0 Å². The van der Waals surface area contributed by atoms with Crippen molar-refractivity contribution >= 4 is 5.97 Å². The number of aromatic nitrogens is 2. The van der Waals surface area contributed by atoms with Crippen LogP contribution < -0.4 is 0 Å². The van der Waals surface area contributed by atoms with Crippen molar-refractivity contribution in [1.82, 2.24) is 14.9 Å². The van der Waals surface area contributed by atoms with E-state index < -0.39 is 5.97 Å². The molecule has 1 aromatic heterocycles. The third kappa shape index (κ3) is 1.82. The molecule has 5 heteroatoms. The number of carbonyl (C=O) groups is 1. The summed E-state index contributed by atoms with van der Waals surface area (Å²) in [6.07, 6.45) is 6.21. The number of imidazole rings is 1. The van der Waals surface area contributed by atoms with Gasteiger partial charge < -0.3 is 10.1 Å². The molecule has 2 bridgehead atoms. The van der Waals surface area contributed by atoms with Crippen LogP contribution in [0.2, 0.25) is 0 Å². The standard InChI is InChI=1S/C13H19N3O2/c1-2-16-9-3-4-10(16)6-8(5-9)12-14-7-11(15-12)13(17)18/h7-10H,2-6H2,1H3,(H,14,15)(H,17,18)/t9-,10-/m0/s1. The van der Waals surface area contributed by atoms with Crippen molar-refractivity contribution in [3.63, 3.8) is 0 Å². The van der Waals surface area contributed by atoms with E-state index in [1.165, 1.54) is 19.0 Å². The lowest BCUT2D eigenvalue weighted by Gasteiger charge is -2.37. The number of nitrogens with one attached hydrogen (secondary N) is 1. The number of nitrogens with zero attached hydrogens (tertiary/aromatic N) is 2. The Morgan fingerprint density at radius 1 is 1.50 bits per heavy atom. The van der Waals surface area contributed by atoms with Crippen molar-refractivity contribution in [2.24, 2.45) is 0 Å². The molecule has 2 saturated heterocycles. The average Bonchev–Trinajstić information content (AvgIpc) is 2.92. The summed E-state index contributed by atoms with van der Waals surface area (Å²) in [5.74, 6) is 0.334. The van der Waals surface area contributed by atoms with Crippen LogP contribution in [0, 0.1) is 0 Å². The van der Waals surface area contributed by atoms with E-state index in [-0.39, 0.29) is 5.69 Å². The van der Waals surface area contributed by atoms with Gasteiger partial charge in [-0.3, -0.25) is 4.90 Å². The number of carboxylic acid groups (broad SMARTS) is 1.